The Morgan fingerprint density at radius 1 is 1.22 bits per heavy atom. The van der Waals surface area contributed by atoms with Gasteiger partial charge in [-0.25, -0.2) is 0 Å². The van der Waals surface area contributed by atoms with Crippen molar-refractivity contribution in [2.24, 2.45) is 5.41 Å². The number of thioether (sulfide) groups is 1. The average molecular weight is 266 g/mol. The average Bonchev–Trinajstić information content (AvgIpc) is 2.38. The van der Waals surface area contributed by atoms with Gasteiger partial charge in [0.15, 0.2) is 0 Å². The standard InChI is InChI=1S/C14H22N2OS/c1-18-14(8-5-9-14)11-16-12(17)13(10-15)6-3-2-4-7-13/h2-9,11H2,1H3,(H,16,17). The van der Waals surface area contributed by atoms with Crippen LogP contribution in [-0.4, -0.2) is 23.5 Å². The molecule has 0 heterocycles. The summed E-state index contributed by atoms with van der Waals surface area (Å²) in [4.78, 5) is 12.3. The smallest absolute Gasteiger partial charge is 0.240 e. The molecule has 18 heavy (non-hydrogen) atoms. The first-order valence-corrected chi connectivity index (χ1v) is 8.14. The van der Waals surface area contributed by atoms with Crippen molar-refractivity contribution >= 4 is 17.7 Å². The molecule has 4 heteroatoms. The van der Waals surface area contributed by atoms with E-state index in [9.17, 15) is 10.1 Å². The molecule has 0 radical (unpaired) electrons. The summed E-state index contributed by atoms with van der Waals surface area (Å²) >= 11 is 1.86. The summed E-state index contributed by atoms with van der Waals surface area (Å²) in [6, 6.07) is 2.29. The molecule has 0 spiro atoms. The molecule has 2 fully saturated rings. The number of rotatable bonds is 4. The zero-order chi connectivity index (χ0) is 13.1. The van der Waals surface area contributed by atoms with Gasteiger partial charge in [0.2, 0.25) is 5.91 Å². The van der Waals surface area contributed by atoms with Crippen LogP contribution in [0.5, 0.6) is 0 Å². The van der Waals surface area contributed by atoms with Crippen molar-refractivity contribution < 1.29 is 4.79 Å². The van der Waals surface area contributed by atoms with E-state index < -0.39 is 5.41 Å². The minimum atomic E-state index is -0.735. The predicted molar refractivity (Wildman–Crippen MR) is 74.2 cm³/mol. The number of carbonyl (C=O) groups is 1. The number of carbonyl (C=O) groups excluding carboxylic acids is 1. The Balaban J connectivity index is 1.92. The second kappa shape index (κ2) is 5.52. The van der Waals surface area contributed by atoms with Crippen LogP contribution in [0.25, 0.3) is 0 Å². The van der Waals surface area contributed by atoms with Gasteiger partial charge in [0.1, 0.15) is 5.41 Å². The Kier molecular flexibility index (Phi) is 4.21. The van der Waals surface area contributed by atoms with E-state index in [2.05, 4.69) is 17.6 Å². The first kappa shape index (κ1) is 13.7. The summed E-state index contributed by atoms with van der Waals surface area (Å²) in [5.74, 6) is -0.0231. The number of nitrogens with one attached hydrogen (secondary N) is 1. The Morgan fingerprint density at radius 3 is 2.33 bits per heavy atom. The van der Waals surface area contributed by atoms with Crippen LogP contribution in [-0.2, 0) is 4.79 Å². The third kappa shape index (κ3) is 2.51. The first-order chi connectivity index (χ1) is 8.66. The summed E-state index contributed by atoms with van der Waals surface area (Å²) in [6.45, 7) is 0.733. The summed E-state index contributed by atoms with van der Waals surface area (Å²) < 4.78 is 0.251. The summed E-state index contributed by atoms with van der Waals surface area (Å²) in [7, 11) is 0. The first-order valence-electron chi connectivity index (χ1n) is 6.91. The lowest BCUT2D eigenvalue weighted by Gasteiger charge is -2.41. The van der Waals surface area contributed by atoms with Crippen molar-refractivity contribution in [3.8, 4) is 6.07 Å². The Bertz CT molecular complexity index is 346. The van der Waals surface area contributed by atoms with Crippen LogP contribution in [0, 0.1) is 16.7 Å². The minimum absolute atomic E-state index is 0.0231. The highest BCUT2D eigenvalue weighted by Crippen LogP contribution is 2.42. The van der Waals surface area contributed by atoms with Crippen molar-refractivity contribution in [3.05, 3.63) is 0 Å². The van der Waals surface area contributed by atoms with E-state index in [0.29, 0.717) is 0 Å². The van der Waals surface area contributed by atoms with Gasteiger partial charge in [-0.2, -0.15) is 17.0 Å². The molecule has 2 rings (SSSR count). The molecule has 2 aliphatic carbocycles. The molecule has 2 saturated carbocycles. The van der Waals surface area contributed by atoms with Crippen molar-refractivity contribution in [2.45, 2.75) is 56.1 Å². The van der Waals surface area contributed by atoms with E-state index in [1.54, 1.807) is 0 Å². The van der Waals surface area contributed by atoms with Crippen LogP contribution in [0.2, 0.25) is 0 Å². The number of hydrogen-bond acceptors (Lipinski definition) is 3. The molecule has 1 N–H and O–H groups in total. The SMILES string of the molecule is CSC1(CNC(=O)C2(C#N)CCCCC2)CCC1. The third-order valence-corrected chi connectivity index (χ3v) is 6.04. The maximum atomic E-state index is 12.3. The van der Waals surface area contributed by atoms with Crippen LogP contribution in [0.15, 0.2) is 0 Å². The minimum Gasteiger partial charge on any atom is -0.353 e. The lowest BCUT2D eigenvalue weighted by Crippen LogP contribution is -2.49. The van der Waals surface area contributed by atoms with Crippen LogP contribution in [0.4, 0.5) is 0 Å². The van der Waals surface area contributed by atoms with E-state index in [0.717, 1.165) is 38.6 Å². The summed E-state index contributed by atoms with van der Waals surface area (Å²) in [5, 5.41) is 12.4. The van der Waals surface area contributed by atoms with E-state index >= 15 is 0 Å². The fraction of sp³-hybridized carbons (Fsp3) is 0.857. The van der Waals surface area contributed by atoms with Gasteiger partial charge in [0.05, 0.1) is 6.07 Å². The highest BCUT2D eigenvalue weighted by Gasteiger charge is 2.42. The number of nitriles is 1. The van der Waals surface area contributed by atoms with Crippen LogP contribution < -0.4 is 5.32 Å². The van der Waals surface area contributed by atoms with Gasteiger partial charge in [-0.3, -0.25) is 4.79 Å². The topological polar surface area (TPSA) is 52.9 Å². The molecule has 100 valence electrons. The van der Waals surface area contributed by atoms with E-state index in [1.165, 1.54) is 19.3 Å². The zero-order valence-electron chi connectivity index (χ0n) is 11.1. The Hall–Kier alpha value is -0.690. The molecule has 3 nitrogen and oxygen atoms in total. The molecular formula is C14H22N2OS. The van der Waals surface area contributed by atoms with Gasteiger partial charge < -0.3 is 5.32 Å². The van der Waals surface area contributed by atoms with Gasteiger partial charge in [0.25, 0.3) is 0 Å². The number of nitrogens with zero attached hydrogens (tertiary/aromatic N) is 1. The summed E-state index contributed by atoms with van der Waals surface area (Å²) in [5.41, 5.74) is -0.735. The van der Waals surface area contributed by atoms with Gasteiger partial charge in [-0.05, 0) is 31.9 Å². The maximum absolute atomic E-state index is 12.3. The normalized spacial score (nSPS) is 24.7. The predicted octanol–water partition coefficient (Wildman–Crippen LogP) is 2.86. The lowest BCUT2D eigenvalue weighted by atomic mass is 9.74. The molecule has 0 unspecified atom stereocenters. The second-order valence-corrected chi connectivity index (χ2v) is 6.95. The maximum Gasteiger partial charge on any atom is 0.240 e. The van der Waals surface area contributed by atoms with Crippen molar-refractivity contribution in [2.75, 3.05) is 12.8 Å². The molecule has 0 atom stereocenters. The summed E-state index contributed by atoms with van der Waals surface area (Å²) in [6.07, 6.45) is 10.4. The molecule has 0 aliphatic heterocycles. The molecule has 0 saturated heterocycles. The molecule has 0 aromatic carbocycles. The monoisotopic (exact) mass is 266 g/mol. The fourth-order valence-electron chi connectivity index (χ4n) is 2.98. The van der Waals surface area contributed by atoms with Crippen molar-refractivity contribution in [1.29, 1.82) is 5.26 Å². The largest absolute Gasteiger partial charge is 0.353 e. The molecule has 0 aromatic rings. The van der Waals surface area contributed by atoms with E-state index in [4.69, 9.17) is 0 Å². The van der Waals surface area contributed by atoms with Gasteiger partial charge >= 0.3 is 0 Å². The van der Waals surface area contributed by atoms with E-state index in [-0.39, 0.29) is 10.7 Å². The highest BCUT2D eigenvalue weighted by molar-refractivity contribution is 8.00. The second-order valence-electron chi connectivity index (χ2n) is 5.68. The van der Waals surface area contributed by atoms with Crippen LogP contribution in [0.1, 0.15) is 51.4 Å². The molecule has 0 bridgehead atoms. The number of amides is 1. The lowest BCUT2D eigenvalue weighted by molar-refractivity contribution is -0.129. The molecular weight excluding hydrogens is 244 g/mol. The molecule has 1 amide bonds. The molecule has 0 aromatic heterocycles. The van der Waals surface area contributed by atoms with Crippen molar-refractivity contribution in [3.63, 3.8) is 0 Å². The zero-order valence-corrected chi connectivity index (χ0v) is 11.9. The van der Waals surface area contributed by atoms with Gasteiger partial charge in [-0.15, -0.1) is 0 Å². The highest BCUT2D eigenvalue weighted by atomic mass is 32.2. The quantitative estimate of drug-likeness (QED) is 0.851. The molecule has 2 aliphatic rings. The third-order valence-electron chi connectivity index (χ3n) is 4.62. The fourth-order valence-corrected chi connectivity index (χ4v) is 3.89. The number of hydrogen-bond donors (Lipinski definition) is 1. The van der Waals surface area contributed by atoms with Crippen LogP contribution >= 0.6 is 11.8 Å². The van der Waals surface area contributed by atoms with Crippen LogP contribution in [0.3, 0.4) is 0 Å². The van der Waals surface area contributed by atoms with Gasteiger partial charge in [-0.1, -0.05) is 25.7 Å². The van der Waals surface area contributed by atoms with Crippen molar-refractivity contribution in [1.82, 2.24) is 5.32 Å². The van der Waals surface area contributed by atoms with Gasteiger partial charge in [0, 0.05) is 11.3 Å². The Morgan fingerprint density at radius 2 is 1.89 bits per heavy atom. The Labute approximate surface area is 114 Å². The van der Waals surface area contributed by atoms with E-state index in [1.807, 2.05) is 11.8 Å².